The topological polar surface area (TPSA) is 59.9 Å². The molecule has 0 radical (unpaired) electrons. The summed E-state index contributed by atoms with van der Waals surface area (Å²) in [5, 5.41) is 6.83. The van der Waals surface area contributed by atoms with Crippen molar-refractivity contribution in [2.45, 2.75) is 12.5 Å². The van der Waals surface area contributed by atoms with Gasteiger partial charge in [0.25, 0.3) is 5.91 Å². The Morgan fingerprint density at radius 3 is 2.68 bits per heavy atom. The molecule has 22 heavy (non-hydrogen) atoms. The van der Waals surface area contributed by atoms with Crippen LogP contribution < -0.4 is 10.1 Å². The predicted molar refractivity (Wildman–Crippen MR) is 84.1 cm³/mol. The highest BCUT2D eigenvalue weighted by molar-refractivity contribution is 6.06. The first-order valence-electron chi connectivity index (χ1n) is 7.00. The van der Waals surface area contributed by atoms with Crippen LogP contribution in [0.25, 0.3) is 0 Å². The lowest BCUT2D eigenvalue weighted by Gasteiger charge is -2.12. The summed E-state index contributed by atoms with van der Waals surface area (Å²) >= 11 is 0. The van der Waals surface area contributed by atoms with Crippen molar-refractivity contribution in [1.82, 2.24) is 0 Å². The SMILES string of the molecule is COc1ccccc1NC(=O)C1CC(c2ccccc2)=NO1. The van der Waals surface area contributed by atoms with Gasteiger partial charge in [-0.2, -0.15) is 0 Å². The van der Waals surface area contributed by atoms with Crippen molar-refractivity contribution in [2.24, 2.45) is 5.16 Å². The first-order chi connectivity index (χ1) is 10.8. The van der Waals surface area contributed by atoms with Crippen LogP contribution in [0.15, 0.2) is 59.8 Å². The first-order valence-corrected chi connectivity index (χ1v) is 7.00. The summed E-state index contributed by atoms with van der Waals surface area (Å²) in [6.07, 6.45) is -0.175. The summed E-state index contributed by atoms with van der Waals surface area (Å²) in [6.45, 7) is 0. The van der Waals surface area contributed by atoms with Crippen LogP contribution in [0.3, 0.4) is 0 Å². The highest BCUT2D eigenvalue weighted by Gasteiger charge is 2.29. The van der Waals surface area contributed by atoms with Crippen LogP contribution in [0.4, 0.5) is 5.69 Å². The molecule has 5 nitrogen and oxygen atoms in total. The van der Waals surface area contributed by atoms with E-state index in [-0.39, 0.29) is 5.91 Å². The molecular weight excluding hydrogens is 280 g/mol. The van der Waals surface area contributed by atoms with Crippen molar-refractivity contribution in [1.29, 1.82) is 0 Å². The number of rotatable bonds is 4. The molecule has 1 unspecified atom stereocenters. The van der Waals surface area contributed by atoms with Gasteiger partial charge in [-0.25, -0.2) is 0 Å². The van der Waals surface area contributed by atoms with E-state index in [0.29, 0.717) is 17.9 Å². The average molecular weight is 296 g/mol. The van der Waals surface area contributed by atoms with Crippen molar-refractivity contribution in [3.8, 4) is 5.75 Å². The second kappa shape index (κ2) is 6.30. The molecule has 0 spiro atoms. The Labute approximate surface area is 128 Å². The Morgan fingerprint density at radius 1 is 1.18 bits per heavy atom. The average Bonchev–Trinajstić information content (AvgIpc) is 3.06. The lowest BCUT2D eigenvalue weighted by molar-refractivity contribution is -0.125. The van der Waals surface area contributed by atoms with Crippen LogP contribution in [0.2, 0.25) is 0 Å². The zero-order valence-electron chi connectivity index (χ0n) is 12.2. The maximum atomic E-state index is 12.3. The Morgan fingerprint density at radius 2 is 1.91 bits per heavy atom. The molecule has 3 rings (SSSR count). The third-order valence-corrected chi connectivity index (χ3v) is 3.43. The number of carbonyl (C=O) groups excluding carboxylic acids is 1. The fourth-order valence-electron chi connectivity index (χ4n) is 2.28. The molecule has 1 amide bonds. The van der Waals surface area contributed by atoms with E-state index in [1.54, 1.807) is 19.2 Å². The van der Waals surface area contributed by atoms with E-state index in [0.717, 1.165) is 11.3 Å². The lowest BCUT2D eigenvalue weighted by atomic mass is 10.0. The van der Waals surface area contributed by atoms with Gasteiger partial charge in [0, 0.05) is 6.42 Å². The molecule has 1 aliphatic heterocycles. The number of anilines is 1. The molecule has 0 aliphatic carbocycles. The number of ether oxygens (including phenoxy) is 1. The van der Waals surface area contributed by atoms with E-state index in [4.69, 9.17) is 9.57 Å². The molecule has 112 valence electrons. The fourth-order valence-corrected chi connectivity index (χ4v) is 2.28. The van der Waals surface area contributed by atoms with Gasteiger partial charge >= 0.3 is 0 Å². The van der Waals surface area contributed by atoms with E-state index in [1.807, 2.05) is 42.5 Å². The number of benzene rings is 2. The summed E-state index contributed by atoms with van der Waals surface area (Å²) in [5.41, 5.74) is 2.36. The zero-order valence-corrected chi connectivity index (χ0v) is 12.2. The van der Waals surface area contributed by atoms with Gasteiger partial charge in [-0.05, 0) is 17.7 Å². The van der Waals surface area contributed by atoms with Gasteiger partial charge in [-0.1, -0.05) is 47.6 Å². The summed E-state index contributed by atoms with van der Waals surface area (Å²) in [7, 11) is 1.56. The molecule has 1 N–H and O–H groups in total. The minimum Gasteiger partial charge on any atom is -0.495 e. The van der Waals surface area contributed by atoms with Gasteiger partial charge in [-0.3, -0.25) is 4.79 Å². The Balaban J connectivity index is 1.66. The minimum absolute atomic E-state index is 0.237. The van der Waals surface area contributed by atoms with Crippen LogP contribution in [-0.2, 0) is 9.63 Å². The van der Waals surface area contributed by atoms with E-state index in [2.05, 4.69) is 10.5 Å². The van der Waals surface area contributed by atoms with Crippen LogP contribution in [0.1, 0.15) is 12.0 Å². The van der Waals surface area contributed by atoms with E-state index < -0.39 is 6.10 Å². The van der Waals surface area contributed by atoms with Gasteiger partial charge in [0.15, 0.2) is 0 Å². The second-order valence-corrected chi connectivity index (χ2v) is 4.89. The molecular formula is C17H16N2O3. The van der Waals surface area contributed by atoms with Gasteiger partial charge in [0.05, 0.1) is 18.5 Å². The summed E-state index contributed by atoms with van der Waals surface area (Å²) in [6, 6.07) is 16.9. The van der Waals surface area contributed by atoms with E-state index >= 15 is 0 Å². The van der Waals surface area contributed by atoms with Gasteiger partial charge in [0.1, 0.15) is 5.75 Å². The zero-order chi connectivity index (χ0) is 15.4. The molecule has 1 heterocycles. The van der Waals surface area contributed by atoms with Crippen LogP contribution >= 0.6 is 0 Å². The highest BCUT2D eigenvalue weighted by atomic mass is 16.6. The first kappa shape index (κ1) is 14.1. The number of oxime groups is 1. The number of hydrogen-bond acceptors (Lipinski definition) is 4. The third kappa shape index (κ3) is 2.93. The summed E-state index contributed by atoms with van der Waals surface area (Å²) < 4.78 is 5.22. The maximum Gasteiger partial charge on any atom is 0.268 e. The Bertz CT molecular complexity index is 698. The highest BCUT2D eigenvalue weighted by Crippen LogP contribution is 2.24. The number of methoxy groups -OCH3 is 1. The van der Waals surface area contributed by atoms with Crippen molar-refractivity contribution >= 4 is 17.3 Å². The molecule has 2 aromatic rings. The molecule has 1 atom stereocenters. The number of amides is 1. The monoisotopic (exact) mass is 296 g/mol. The minimum atomic E-state index is -0.625. The molecule has 0 fully saturated rings. The smallest absolute Gasteiger partial charge is 0.268 e. The van der Waals surface area contributed by atoms with E-state index in [9.17, 15) is 4.79 Å². The van der Waals surface area contributed by atoms with Gasteiger partial charge in [0.2, 0.25) is 6.10 Å². The predicted octanol–water partition coefficient (Wildman–Crippen LogP) is 2.83. The van der Waals surface area contributed by atoms with Crippen molar-refractivity contribution in [2.75, 3.05) is 12.4 Å². The Hall–Kier alpha value is -2.82. The quantitative estimate of drug-likeness (QED) is 0.943. The molecule has 0 aromatic heterocycles. The standard InChI is InChI=1S/C17H16N2O3/c1-21-15-10-6-5-9-13(15)18-17(20)16-11-14(19-22-16)12-7-3-2-4-8-12/h2-10,16H,11H2,1H3,(H,18,20). The van der Waals surface area contributed by atoms with Crippen LogP contribution in [0, 0.1) is 0 Å². The molecule has 1 aliphatic rings. The van der Waals surface area contributed by atoms with E-state index in [1.165, 1.54) is 0 Å². The Kier molecular flexibility index (Phi) is 4.05. The second-order valence-electron chi connectivity index (χ2n) is 4.89. The summed E-state index contributed by atoms with van der Waals surface area (Å²) in [5.74, 6) is 0.372. The lowest BCUT2D eigenvalue weighted by Crippen LogP contribution is -2.28. The van der Waals surface area contributed by atoms with Crippen molar-refractivity contribution < 1.29 is 14.4 Å². The van der Waals surface area contributed by atoms with Crippen molar-refractivity contribution in [3.05, 3.63) is 60.2 Å². The van der Waals surface area contributed by atoms with Gasteiger partial charge < -0.3 is 14.9 Å². The molecule has 5 heteroatoms. The largest absolute Gasteiger partial charge is 0.495 e. The molecule has 0 saturated carbocycles. The fraction of sp³-hybridized carbons (Fsp3) is 0.176. The van der Waals surface area contributed by atoms with Gasteiger partial charge in [-0.15, -0.1) is 0 Å². The number of carbonyl (C=O) groups is 1. The number of nitrogens with one attached hydrogen (secondary N) is 1. The van der Waals surface area contributed by atoms with Crippen LogP contribution in [0.5, 0.6) is 5.75 Å². The van der Waals surface area contributed by atoms with Crippen molar-refractivity contribution in [3.63, 3.8) is 0 Å². The molecule has 0 bridgehead atoms. The molecule has 2 aromatic carbocycles. The summed E-state index contributed by atoms with van der Waals surface area (Å²) in [4.78, 5) is 17.6. The maximum absolute atomic E-state index is 12.3. The number of hydrogen-bond donors (Lipinski definition) is 1. The molecule has 0 saturated heterocycles. The number of para-hydroxylation sites is 2. The van der Waals surface area contributed by atoms with Crippen LogP contribution in [-0.4, -0.2) is 24.8 Å². The number of nitrogens with zero attached hydrogens (tertiary/aromatic N) is 1. The normalized spacial score (nSPS) is 16.6. The third-order valence-electron chi connectivity index (χ3n) is 3.43.